The molecule has 0 aliphatic heterocycles. The molecule has 2 aliphatic rings. The van der Waals surface area contributed by atoms with Gasteiger partial charge in [0.25, 0.3) is 0 Å². The predicted octanol–water partition coefficient (Wildman–Crippen LogP) is 5.31. The maximum atomic E-state index is 9.64. The molecule has 1 nitrogen and oxygen atoms in total. The summed E-state index contributed by atoms with van der Waals surface area (Å²) in [4.78, 5) is 0. The first-order valence-electron chi connectivity index (χ1n) is 7.86. The monoisotopic (exact) mass is 247 g/mol. The van der Waals surface area contributed by atoms with Gasteiger partial charge in [-0.25, -0.2) is 0 Å². The average Bonchev–Trinajstić information content (AvgIpc) is 2.81. The summed E-state index contributed by atoms with van der Waals surface area (Å²) in [6, 6.07) is 2.72. The highest BCUT2D eigenvalue weighted by Crippen LogP contribution is 2.49. The second-order valence-electron chi connectivity index (χ2n) is 7.89. The van der Waals surface area contributed by atoms with Gasteiger partial charge in [-0.15, -0.1) is 0 Å². The molecule has 0 heterocycles. The third-order valence-corrected chi connectivity index (χ3v) is 5.56. The lowest BCUT2D eigenvalue weighted by Gasteiger charge is -2.41. The molecular formula is C17H29N. The summed E-state index contributed by atoms with van der Waals surface area (Å²) in [7, 11) is 0. The summed E-state index contributed by atoms with van der Waals surface area (Å²) >= 11 is 0. The van der Waals surface area contributed by atoms with E-state index in [9.17, 15) is 5.26 Å². The third kappa shape index (κ3) is 3.08. The first kappa shape index (κ1) is 13.9. The minimum absolute atomic E-state index is 0.0384. The van der Waals surface area contributed by atoms with Gasteiger partial charge >= 0.3 is 0 Å². The Hall–Kier alpha value is -0.510. The van der Waals surface area contributed by atoms with Crippen molar-refractivity contribution in [3.8, 4) is 6.07 Å². The van der Waals surface area contributed by atoms with Crippen molar-refractivity contribution in [2.45, 2.75) is 78.6 Å². The Morgan fingerprint density at radius 3 is 2.06 bits per heavy atom. The van der Waals surface area contributed by atoms with Gasteiger partial charge in [-0.1, -0.05) is 46.5 Å². The van der Waals surface area contributed by atoms with E-state index < -0.39 is 0 Å². The van der Waals surface area contributed by atoms with Crippen LogP contribution in [-0.2, 0) is 0 Å². The third-order valence-electron chi connectivity index (χ3n) is 5.56. The largest absolute Gasteiger partial charge is 0.198 e. The molecule has 0 atom stereocenters. The number of nitriles is 1. The van der Waals surface area contributed by atoms with E-state index in [2.05, 4.69) is 26.8 Å². The van der Waals surface area contributed by atoms with E-state index in [1.54, 1.807) is 0 Å². The van der Waals surface area contributed by atoms with Crippen molar-refractivity contribution in [3.63, 3.8) is 0 Å². The highest BCUT2D eigenvalue weighted by Gasteiger charge is 2.40. The van der Waals surface area contributed by atoms with Crippen LogP contribution in [0.25, 0.3) is 0 Å². The zero-order valence-corrected chi connectivity index (χ0v) is 12.5. The molecule has 2 aliphatic carbocycles. The Bertz CT molecular complexity index is 303. The number of nitrogens with zero attached hydrogens (tertiary/aromatic N) is 1. The summed E-state index contributed by atoms with van der Waals surface area (Å²) in [5.41, 5.74) is 0.464. The molecule has 0 aromatic carbocycles. The fraction of sp³-hybridized carbons (Fsp3) is 0.941. The minimum Gasteiger partial charge on any atom is -0.198 e. The van der Waals surface area contributed by atoms with Crippen molar-refractivity contribution in [1.29, 1.82) is 5.26 Å². The number of hydrogen-bond donors (Lipinski definition) is 0. The van der Waals surface area contributed by atoms with E-state index in [0.29, 0.717) is 5.41 Å². The van der Waals surface area contributed by atoms with Crippen LogP contribution in [0.15, 0.2) is 0 Å². The van der Waals surface area contributed by atoms with Crippen LogP contribution in [0.5, 0.6) is 0 Å². The molecule has 0 bridgehead atoms. The van der Waals surface area contributed by atoms with Gasteiger partial charge in [0.2, 0.25) is 0 Å². The van der Waals surface area contributed by atoms with E-state index in [1.165, 1.54) is 44.9 Å². The van der Waals surface area contributed by atoms with E-state index in [0.717, 1.165) is 24.7 Å². The highest BCUT2D eigenvalue weighted by atomic mass is 14.5. The van der Waals surface area contributed by atoms with Gasteiger partial charge in [0.1, 0.15) is 0 Å². The topological polar surface area (TPSA) is 23.8 Å². The molecular weight excluding hydrogens is 218 g/mol. The molecule has 0 saturated heterocycles. The van der Waals surface area contributed by atoms with Gasteiger partial charge in [0, 0.05) is 0 Å². The average molecular weight is 247 g/mol. The van der Waals surface area contributed by atoms with Gasteiger partial charge in [-0.2, -0.15) is 5.26 Å². The molecule has 0 unspecified atom stereocenters. The second-order valence-corrected chi connectivity index (χ2v) is 7.89. The van der Waals surface area contributed by atoms with Crippen LogP contribution >= 0.6 is 0 Å². The van der Waals surface area contributed by atoms with Crippen LogP contribution < -0.4 is 0 Å². The second kappa shape index (κ2) is 5.24. The lowest BCUT2D eigenvalue weighted by atomic mass is 9.62. The zero-order valence-electron chi connectivity index (χ0n) is 12.5. The van der Waals surface area contributed by atoms with Crippen LogP contribution in [0.2, 0.25) is 0 Å². The normalized spacial score (nSPS) is 34.4. The van der Waals surface area contributed by atoms with Crippen LogP contribution in [0.1, 0.15) is 78.6 Å². The lowest BCUT2D eigenvalue weighted by molar-refractivity contribution is 0.104. The Labute approximate surface area is 113 Å². The molecule has 0 aromatic rings. The Balaban J connectivity index is 1.93. The molecule has 18 heavy (non-hydrogen) atoms. The van der Waals surface area contributed by atoms with E-state index in [4.69, 9.17) is 0 Å². The van der Waals surface area contributed by atoms with E-state index in [-0.39, 0.29) is 5.41 Å². The van der Waals surface area contributed by atoms with Crippen LogP contribution in [0.3, 0.4) is 0 Å². The summed E-state index contributed by atoms with van der Waals surface area (Å²) in [5.74, 6) is 1.68. The van der Waals surface area contributed by atoms with Crippen LogP contribution in [0.4, 0.5) is 0 Å². The first-order chi connectivity index (χ1) is 8.45. The van der Waals surface area contributed by atoms with Crippen LogP contribution in [-0.4, -0.2) is 0 Å². The molecule has 0 amide bonds. The fourth-order valence-electron chi connectivity index (χ4n) is 4.17. The van der Waals surface area contributed by atoms with Gasteiger partial charge in [-0.05, 0) is 49.4 Å². The molecule has 2 rings (SSSR count). The van der Waals surface area contributed by atoms with Gasteiger partial charge in [-0.3, -0.25) is 0 Å². The van der Waals surface area contributed by atoms with Gasteiger partial charge in [0.15, 0.2) is 0 Å². The fourth-order valence-corrected chi connectivity index (χ4v) is 4.17. The molecule has 0 spiro atoms. The number of hydrogen-bond acceptors (Lipinski definition) is 1. The van der Waals surface area contributed by atoms with Crippen molar-refractivity contribution in [1.82, 2.24) is 0 Å². The predicted molar refractivity (Wildman–Crippen MR) is 76.0 cm³/mol. The Morgan fingerprint density at radius 2 is 1.61 bits per heavy atom. The Kier molecular flexibility index (Phi) is 4.05. The van der Waals surface area contributed by atoms with Gasteiger partial charge < -0.3 is 0 Å². The van der Waals surface area contributed by atoms with Crippen molar-refractivity contribution in [2.75, 3.05) is 0 Å². The summed E-state index contributed by atoms with van der Waals surface area (Å²) < 4.78 is 0. The SMILES string of the molecule is CC(C)(C)C1CCC(C#N)(CC2CCCC2)CC1. The summed E-state index contributed by atoms with van der Waals surface area (Å²) in [6.07, 6.45) is 11.6. The van der Waals surface area contributed by atoms with Gasteiger partial charge in [0.05, 0.1) is 11.5 Å². The molecule has 0 N–H and O–H groups in total. The van der Waals surface area contributed by atoms with Crippen LogP contribution in [0, 0.1) is 34.0 Å². The van der Waals surface area contributed by atoms with Crippen molar-refractivity contribution in [2.24, 2.45) is 22.7 Å². The van der Waals surface area contributed by atoms with Crippen molar-refractivity contribution in [3.05, 3.63) is 0 Å². The summed E-state index contributed by atoms with van der Waals surface area (Å²) in [6.45, 7) is 7.07. The number of rotatable bonds is 2. The standard InChI is InChI=1S/C17H29N/c1-16(2,3)15-8-10-17(13-18,11-9-15)12-14-6-4-5-7-14/h14-15H,4-12H2,1-3H3. The minimum atomic E-state index is 0.0384. The lowest BCUT2D eigenvalue weighted by Crippen LogP contribution is -2.33. The summed E-state index contributed by atoms with van der Waals surface area (Å²) in [5, 5.41) is 9.64. The maximum absolute atomic E-state index is 9.64. The highest BCUT2D eigenvalue weighted by molar-refractivity contribution is 5.03. The molecule has 0 radical (unpaired) electrons. The van der Waals surface area contributed by atoms with E-state index >= 15 is 0 Å². The molecule has 0 aromatic heterocycles. The van der Waals surface area contributed by atoms with E-state index in [1.807, 2.05) is 0 Å². The smallest absolute Gasteiger partial charge is 0.0689 e. The van der Waals surface area contributed by atoms with Crippen molar-refractivity contribution < 1.29 is 0 Å². The van der Waals surface area contributed by atoms with Crippen molar-refractivity contribution >= 4 is 0 Å². The maximum Gasteiger partial charge on any atom is 0.0689 e. The molecule has 2 saturated carbocycles. The quantitative estimate of drug-likeness (QED) is 0.648. The molecule has 2 fully saturated rings. The first-order valence-corrected chi connectivity index (χ1v) is 7.86. The molecule has 1 heteroatoms. The zero-order chi connectivity index (χ0) is 13.2. The molecule has 102 valence electrons. The Morgan fingerprint density at radius 1 is 1.06 bits per heavy atom.